The summed E-state index contributed by atoms with van der Waals surface area (Å²) in [5.74, 6) is -1.67. The number of fused-ring (bicyclic) bond motifs is 1. The molecule has 1 aromatic heterocycles. The first-order valence-corrected chi connectivity index (χ1v) is 12.4. The van der Waals surface area contributed by atoms with Crippen molar-refractivity contribution in [2.24, 2.45) is 0 Å². The van der Waals surface area contributed by atoms with Crippen molar-refractivity contribution < 1.29 is 23.9 Å². The molecule has 0 saturated carbocycles. The van der Waals surface area contributed by atoms with Gasteiger partial charge in [0.05, 0.1) is 41.4 Å². The maximum absolute atomic E-state index is 13.1. The van der Waals surface area contributed by atoms with Crippen molar-refractivity contribution >= 4 is 40.3 Å². The van der Waals surface area contributed by atoms with E-state index in [-0.39, 0.29) is 25.1 Å². The van der Waals surface area contributed by atoms with Gasteiger partial charge in [-0.15, -0.1) is 0 Å². The normalized spacial score (nSPS) is 13.4. The van der Waals surface area contributed by atoms with Crippen molar-refractivity contribution in [3.63, 3.8) is 0 Å². The summed E-state index contributed by atoms with van der Waals surface area (Å²) in [7, 11) is 0. The van der Waals surface area contributed by atoms with Crippen LogP contribution in [-0.4, -0.2) is 59.8 Å². The number of anilines is 1. The van der Waals surface area contributed by atoms with E-state index in [0.717, 1.165) is 11.1 Å². The third-order valence-corrected chi connectivity index (χ3v) is 6.26. The van der Waals surface area contributed by atoms with Gasteiger partial charge in [0.25, 0.3) is 11.7 Å². The molecule has 10 heteroatoms. The third kappa shape index (κ3) is 6.37. The van der Waals surface area contributed by atoms with Crippen LogP contribution < -0.4 is 10.6 Å². The molecule has 3 amide bonds. The molecule has 2 heterocycles. The van der Waals surface area contributed by atoms with Gasteiger partial charge >= 0.3 is 12.0 Å². The van der Waals surface area contributed by atoms with Gasteiger partial charge in [0.1, 0.15) is 0 Å². The highest BCUT2D eigenvalue weighted by molar-refractivity contribution is 6.45. The molecular weight excluding hydrogens is 486 g/mol. The molecule has 1 fully saturated rings. The zero-order valence-electron chi connectivity index (χ0n) is 21.6. The Labute approximate surface area is 221 Å². The summed E-state index contributed by atoms with van der Waals surface area (Å²) in [6, 6.07) is 6.74. The lowest BCUT2D eigenvalue weighted by Gasteiger charge is -2.28. The summed E-state index contributed by atoms with van der Waals surface area (Å²) >= 11 is 0. The first-order chi connectivity index (χ1) is 18.3. The molecule has 3 N–H and O–H groups in total. The van der Waals surface area contributed by atoms with Crippen molar-refractivity contribution in [3.8, 4) is 6.07 Å². The number of hydrogen-bond acceptors (Lipinski definition) is 6. The SMILES string of the molecule is C=CC(=CC)C(C#N)=C1CCN(C(=O)C(=O)c2c[nH]c3c(NC(=O)NCCC(=O)OCC)cccc23)CC1. The molecule has 0 radical (unpaired) electrons. The number of hydrogen-bond donors (Lipinski definition) is 3. The van der Waals surface area contributed by atoms with Crippen molar-refractivity contribution in [2.75, 3.05) is 31.6 Å². The molecule has 38 heavy (non-hydrogen) atoms. The molecule has 0 bridgehead atoms. The van der Waals surface area contributed by atoms with Gasteiger partial charge in [0.15, 0.2) is 0 Å². The van der Waals surface area contributed by atoms with Crippen LogP contribution in [0.3, 0.4) is 0 Å². The van der Waals surface area contributed by atoms with Crippen LogP contribution in [0.15, 0.2) is 59.8 Å². The number of rotatable bonds is 9. The number of nitrogens with one attached hydrogen (secondary N) is 3. The molecule has 0 atom stereocenters. The lowest BCUT2D eigenvalue weighted by atomic mass is 9.93. The van der Waals surface area contributed by atoms with Gasteiger partial charge in [-0.05, 0) is 43.9 Å². The minimum Gasteiger partial charge on any atom is -0.466 e. The summed E-state index contributed by atoms with van der Waals surface area (Å²) < 4.78 is 4.83. The summed E-state index contributed by atoms with van der Waals surface area (Å²) in [5.41, 5.74) is 3.40. The summed E-state index contributed by atoms with van der Waals surface area (Å²) in [4.78, 5) is 54.4. The predicted octanol–water partition coefficient (Wildman–Crippen LogP) is 4.00. The van der Waals surface area contributed by atoms with Crippen molar-refractivity contribution in [1.29, 1.82) is 5.26 Å². The van der Waals surface area contributed by atoms with Gasteiger partial charge in [-0.2, -0.15) is 5.26 Å². The number of aromatic nitrogens is 1. The number of piperidine rings is 1. The van der Waals surface area contributed by atoms with Crippen LogP contribution in [0, 0.1) is 11.3 Å². The average Bonchev–Trinajstić information content (AvgIpc) is 3.36. The number of ketones is 1. The van der Waals surface area contributed by atoms with Gasteiger partial charge in [-0.25, -0.2) is 4.79 Å². The van der Waals surface area contributed by atoms with E-state index in [4.69, 9.17) is 4.74 Å². The van der Waals surface area contributed by atoms with E-state index in [2.05, 4.69) is 28.3 Å². The number of likely N-dealkylation sites (tertiary alicyclic amines) is 1. The quantitative estimate of drug-likeness (QED) is 0.151. The lowest BCUT2D eigenvalue weighted by molar-refractivity contribution is -0.142. The molecule has 1 aromatic carbocycles. The van der Waals surface area contributed by atoms with E-state index in [0.29, 0.717) is 48.1 Å². The number of carbonyl (C=O) groups excluding carboxylic acids is 4. The van der Waals surface area contributed by atoms with Crippen molar-refractivity contribution in [1.82, 2.24) is 15.2 Å². The Hall–Kier alpha value is -4.65. The topological polar surface area (TPSA) is 144 Å². The standard InChI is InChI=1S/C28H31N5O5/c1-4-18(5-2)21(16-29)19-11-14-33(15-12-19)27(36)26(35)22-17-31-25-20(22)8-7-9-23(25)32-28(37)30-13-10-24(34)38-6-3/h4-5,7-9,17,31H,1,6,10-15H2,2-3H3,(H2,30,32,37). The first-order valence-electron chi connectivity index (χ1n) is 12.4. The van der Waals surface area contributed by atoms with Gasteiger partial charge in [-0.1, -0.05) is 30.9 Å². The highest BCUT2D eigenvalue weighted by Gasteiger charge is 2.29. The van der Waals surface area contributed by atoms with Gasteiger partial charge in [-0.3, -0.25) is 14.4 Å². The number of nitriles is 1. The summed E-state index contributed by atoms with van der Waals surface area (Å²) in [6.45, 7) is 8.35. The third-order valence-electron chi connectivity index (χ3n) is 6.26. The monoisotopic (exact) mass is 517 g/mol. The van der Waals surface area contributed by atoms with E-state index in [1.807, 2.05) is 13.0 Å². The minimum absolute atomic E-state index is 0.0467. The Bertz CT molecular complexity index is 1350. The summed E-state index contributed by atoms with van der Waals surface area (Å²) in [6.07, 6.45) is 5.97. The zero-order chi connectivity index (χ0) is 27.7. The van der Waals surface area contributed by atoms with E-state index in [1.54, 1.807) is 31.2 Å². The van der Waals surface area contributed by atoms with Crippen LogP contribution in [-0.2, 0) is 14.3 Å². The Kier molecular flexibility index (Phi) is 9.60. The molecule has 1 saturated heterocycles. The van der Waals surface area contributed by atoms with Crippen LogP contribution in [0.5, 0.6) is 0 Å². The Balaban J connectivity index is 1.68. The number of amides is 3. The number of allylic oxidation sites excluding steroid dienone is 4. The molecule has 1 aliphatic rings. The van der Waals surface area contributed by atoms with E-state index in [9.17, 15) is 24.4 Å². The van der Waals surface area contributed by atoms with E-state index in [1.165, 1.54) is 11.1 Å². The van der Waals surface area contributed by atoms with Crippen LogP contribution in [0.4, 0.5) is 10.5 Å². The van der Waals surface area contributed by atoms with Crippen LogP contribution in [0.1, 0.15) is 43.5 Å². The number of urea groups is 1. The molecule has 0 unspecified atom stereocenters. The van der Waals surface area contributed by atoms with Gasteiger partial charge in [0.2, 0.25) is 0 Å². The van der Waals surface area contributed by atoms with E-state index < -0.39 is 23.7 Å². The van der Waals surface area contributed by atoms with Crippen molar-refractivity contribution in [2.45, 2.75) is 33.1 Å². The summed E-state index contributed by atoms with van der Waals surface area (Å²) in [5, 5.41) is 15.4. The van der Waals surface area contributed by atoms with E-state index >= 15 is 0 Å². The molecule has 198 valence electrons. The number of nitrogens with zero attached hydrogens (tertiary/aromatic N) is 2. The number of ether oxygens (including phenoxy) is 1. The molecular formula is C28H31N5O5. The Morgan fingerprint density at radius 3 is 2.61 bits per heavy atom. The predicted molar refractivity (Wildman–Crippen MR) is 143 cm³/mol. The average molecular weight is 518 g/mol. The second-order valence-electron chi connectivity index (χ2n) is 8.53. The highest BCUT2D eigenvalue weighted by Crippen LogP contribution is 2.28. The molecule has 2 aromatic rings. The fourth-order valence-corrected chi connectivity index (χ4v) is 4.32. The number of Topliss-reactive ketones (excluding diaryl/α,β-unsaturated/α-hetero) is 1. The van der Waals surface area contributed by atoms with Crippen LogP contribution >= 0.6 is 0 Å². The first kappa shape index (κ1) is 27.9. The van der Waals surface area contributed by atoms with Crippen LogP contribution in [0.25, 0.3) is 10.9 Å². The number of esters is 1. The highest BCUT2D eigenvalue weighted by atomic mass is 16.5. The molecule has 0 spiro atoms. The number of para-hydroxylation sites is 1. The maximum Gasteiger partial charge on any atom is 0.319 e. The maximum atomic E-state index is 13.1. The molecule has 0 aliphatic carbocycles. The lowest BCUT2D eigenvalue weighted by Crippen LogP contribution is -2.40. The fourth-order valence-electron chi connectivity index (χ4n) is 4.32. The Morgan fingerprint density at radius 2 is 1.97 bits per heavy atom. The molecule has 3 rings (SSSR count). The second kappa shape index (κ2) is 13.1. The number of aromatic amines is 1. The fraction of sp³-hybridized carbons (Fsp3) is 0.321. The zero-order valence-corrected chi connectivity index (χ0v) is 21.6. The second-order valence-corrected chi connectivity index (χ2v) is 8.53. The Morgan fingerprint density at radius 1 is 1.24 bits per heavy atom. The number of H-pyrrole nitrogens is 1. The van der Waals surface area contributed by atoms with Crippen LogP contribution in [0.2, 0.25) is 0 Å². The van der Waals surface area contributed by atoms with Gasteiger partial charge in [0, 0.05) is 31.2 Å². The number of benzene rings is 1. The molecule has 1 aliphatic heterocycles. The van der Waals surface area contributed by atoms with Gasteiger partial charge < -0.3 is 25.3 Å². The molecule has 10 nitrogen and oxygen atoms in total. The number of carbonyl (C=O) groups is 4. The smallest absolute Gasteiger partial charge is 0.319 e. The largest absolute Gasteiger partial charge is 0.466 e. The minimum atomic E-state index is -0.652. The van der Waals surface area contributed by atoms with Crippen molar-refractivity contribution in [3.05, 3.63) is 65.4 Å².